The largest absolute Gasteiger partial charge is 0.357 e. The van der Waals surface area contributed by atoms with Gasteiger partial charge in [-0.15, -0.1) is 16.4 Å². The van der Waals surface area contributed by atoms with Crippen LogP contribution in [0.15, 0.2) is 182 Å². The summed E-state index contributed by atoms with van der Waals surface area (Å²) in [4.78, 5) is 0. The second-order valence-corrected chi connectivity index (χ2v) is 27.5. The van der Waals surface area contributed by atoms with Crippen LogP contribution in [-0.4, -0.2) is 15.0 Å². The first-order valence-corrected chi connectivity index (χ1v) is 21.7. The van der Waals surface area contributed by atoms with Crippen LogP contribution >= 0.6 is 57.4 Å². The standard InChI is InChI=1S/C36H33B3Cl3P3/c40-37(31-19-7-1-8-20-31)43(34-25-13-4-14-26-34)38(41,32-21-9-2-10-22-32)45(36-29-17-6-18-30-36)39(42,33-23-11-3-12-24-33)44(37)35-27-15-5-16-28-35/h1-30,43-45H. The first-order valence-electron chi connectivity index (χ1n) is 15.5. The fourth-order valence-corrected chi connectivity index (χ4v) is 39.3. The number of benzene rings is 6. The van der Waals surface area contributed by atoms with Crippen molar-refractivity contribution in [3.8, 4) is 0 Å². The normalized spacial score (nSPS) is 27.9. The lowest BCUT2D eigenvalue weighted by atomic mass is 9.86. The number of hydrogen-bond donors (Lipinski definition) is 0. The van der Waals surface area contributed by atoms with Crippen molar-refractivity contribution in [2.24, 2.45) is 0 Å². The van der Waals surface area contributed by atoms with Crippen molar-refractivity contribution in [3.05, 3.63) is 182 Å². The molecular weight excluding hydrogens is 664 g/mol. The van der Waals surface area contributed by atoms with E-state index in [1.165, 1.54) is 32.3 Å². The molecule has 6 aromatic carbocycles. The zero-order valence-corrected chi connectivity index (χ0v) is 30.0. The summed E-state index contributed by atoms with van der Waals surface area (Å²) in [5, 5.41) is -1.65. The van der Waals surface area contributed by atoms with E-state index in [-0.39, 0.29) is 0 Å². The summed E-state index contributed by atoms with van der Waals surface area (Å²) < 4.78 is 0. The molecule has 0 N–H and O–H groups in total. The molecule has 1 aliphatic heterocycles. The third kappa shape index (κ3) is 5.26. The minimum absolute atomic E-state index is 1.18. The molecule has 6 aromatic rings. The molecule has 1 aliphatic rings. The summed E-state index contributed by atoms with van der Waals surface area (Å²) in [7, 11) is -5.38. The lowest BCUT2D eigenvalue weighted by Crippen LogP contribution is -2.67. The second-order valence-electron chi connectivity index (χ2n) is 12.0. The molecule has 1 heterocycles. The van der Waals surface area contributed by atoms with Gasteiger partial charge in [-0.1, -0.05) is 146 Å². The van der Waals surface area contributed by atoms with Gasteiger partial charge >= 0.3 is 15.0 Å². The summed E-state index contributed by atoms with van der Waals surface area (Å²) in [6.07, 6.45) is 0. The van der Waals surface area contributed by atoms with Gasteiger partial charge in [0.15, 0.2) is 0 Å². The van der Waals surface area contributed by atoms with Crippen molar-refractivity contribution in [1.29, 1.82) is 0 Å². The smallest absolute Gasteiger partial charge is 0.289 e. The highest BCUT2D eigenvalue weighted by Gasteiger charge is 2.76. The maximum atomic E-state index is 8.75. The Bertz CT molecular complexity index is 1620. The lowest BCUT2D eigenvalue weighted by molar-refractivity contribution is 1.76. The van der Waals surface area contributed by atoms with Crippen molar-refractivity contribution < 1.29 is 0 Å². The van der Waals surface area contributed by atoms with Gasteiger partial charge in [-0.05, 0) is 36.4 Å². The van der Waals surface area contributed by atoms with Crippen molar-refractivity contribution in [2.75, 3.05) is 0 Å². The van der Waals surface area contributed by atoms with Crippen LogP contribution in [0.3, 0.4) is 0 Å². The van der Waals surface area contributed by atoms with Gasteiger partial charge in [-0.25, -0.2) is 0 Å². The quantitative estimate of drug-likeness (QED) is 0.123. The van der Waals surface area contributed by atoms with Crippen molar-refractivity contribution in [3.63, 3.8) is 0 Å². The molecule has 0 radical (unpaired) electrons. The summed E-state index contributed by atoms with van der Waals surface area (Å²) in [5.74, 6) is 0. The van der Waals surface area contributed by atoms with Crippen LogP contribution in [0.2, 0.25) is 0 Å². The van der Waals surface area contributed by atoms with E-state index in [0.29, 0.717) is 0 Å². The van der Waals surface area contributed by atoms with E-state index in [1.54, 1.807) is 0 Å². The average molecular weight is 697 g/mol. The SMILES string of the molecule is Cl[B-]1(c2ccccc2)[PH+](c2ccccc2)[B-](Cl)(c2ccccc2)[PH+](c2ccccc2)[B-](Cl)(c2ccccc2)[PH+]1c1ccccc1. The third-order valence-electron chi connectivity index (χ3n) is 9.67. The predicted molar refractivity (Wildman–Crippen MR) is 216 cm³/mol. The van der Waals surface area contributed by atoms with Gasteiger partial charge in [0.1, 0.15) is 0 Å². The second kappa shape index (κ2) is 13.1. The fourth-order valence-electron chi connectivity index (χ4n) is 7.95. The zero-order chi connectivity index (χ0) is 30.9. The Morgan fingerprint density at radius 1 is 0.267 bits per heavy atom. The van der Waals surface area contributed by atoms with Gasteiger partial charge in [0.05, 0.1) is 0 Å². The van der Waals surface area contributed by atoms with Gasteiger partial charge in [0.2, 0.25) is 0 Å². The van der Waals surface area contributed by atoms with E-state index in [4.69, 9.17) is 34.4 Å². The summed E-state index contributed by atoms with van der Waals surface area (Å²) in [5.41, 5.74) is 3.53. The van der Waals surface area contributed by atoms with Gasteiger partial charge in [-0.3, -0.25) is 34.4 Å². The molecule has 0 atom stereocenters. The Hall–Kier alpha value is -2.33. The van der Waals surface area contributed by atoms with Crippen LogP contribution in [0.5, 0.6) is 0 Å². The minimum atomic E-state index is -1.83. The molecule has 0 aliphatic carbocycles. The summed E-state index contributed by atoms with van der Waals surface area (Å²) in [6, 6.07) is 65.4. The Kier molecular flexibility index (Phi) is 9.08. The van der Waals surface area contributed by atoms with E-state index in [2.05, 4.69) is 182 Å². The minimum Gasteiger partial charge on any atom is -0.289 e. The lowest BCUT2D eigenvalue weighted by Gasteiger charge is -2.62. The van der Waals surface area contributed by atoms with Crippen molar-refractivity contribution in [1.82, 2.24) is 0 Å². The monoisotopic (exact) mass is 696 g/mol. The molecule has 222 valence electrons. The number of halogens is 3. The predicted octanol–water partition coefficient (Wildman–Crippen LogP) is 7.87. The first kappa shape index (κ1) is 31.3. The fraction of sp³-hybridized carbons (Fsp3) is 0. The number of hydrogen-bond acceptors (Lipinski definition) is 0. The molecule has 0 spiro atoms. The van der Waals surface area contributed by atoms with Gasteiger partial charge < -0.3 is 0 Å². The van der Waals surface area contributed by atoms with E-state index < -0.39 is 38.0 Å². The van der Waals surface area contributed by atoms with E-state index in [0.717, 1.165) is 0 Å². The van der Waals surface area contributed by atoms with Crippen molar-refractivity contribution >= 4 is 105 Å². The van der Waals surface area contributed by atoms with Gasteiger partial charge in [0, 0.05) is 15.9 Å². The summed E-state index contributed by atoms with van der Waals surface area (Å²) in [6.45, 7) is 0. The maximum Gasteiger partial charge on any atom is 0.357 e. The zero-order valence-electron chi connectivity index (χ0n) is 24.7. The average Bonchev–Trinajstić information content (AvgIpc) is 3.11. The molecule has 0 nitrogen and oxygen atoms in total. The molecule has 1 saturated heterocycles. The van der Waals surface area contributed by atoms with Crippen LogP contribution in [0.1, 0.15) is 0 Å². The van der Waals surface area contributed by atoms with Crippen LogP contribution in [0.4, 0.5) is 0 Å². The van der Waals surface area contributed by atoms with Gasteiger partial charge in [-0.2, -0.15) is 23.0 Å². The highest BCUT2D eigenvalue weighted by molar-refractivity contribution is 8.78. The van der Waals surface area contributed by atoms with Crippen LogP contribution in [0, 0.1) is 0 Å². The molecule has 1 fully saturated rings. The Labute approximate surface area is 285 Å². The van der Waals surface area contributed by atoms with Crippen LogP contribution in [0.25, 0.3) is 0 Å². The topological polar surface area (TPSA) is 0 Å². The molecule has 0 bridgehead atoms. The Balaban J connectivity index is 1.71. The highest BCUT2D eigenvalue weighted by atomic mass is 35.5. The molecule has 0 aromatic heterocycles. The van der Waals surface area contributed by atoms with E-state index in [1.807, 2.05) is 0 Å². The molecule has 0 unspecified atom stereocenters. The Morgan fingerprint density at radius 3 is 0.644 bits per heavy atom. The molecule has 9 heteroatoms. The number of rotatable bonds is 6. The molecule has 0 amide bonds. The van der Waals surface area contributed by atoms with E-state index >= 15 is 0 Å². The van der Waals surface area contributed by atoms with E-state index in [9.17, 15) is 0 Å². The third-order valence-corrected chi connectivity index (χ3v) is 30.4. The Morgan fingerprint density at radius 2 is 0.444 bits per heavy atom. The highest BCUT2D eigenvalue weighted by Crippen LogP contribution is 2.87. The maximum absolute atomic E-state index is 8.75. The molecule has 7 rings (SSSR count). The molecule has 0 saturated carbocycles. The van der Waals surface area contributed by atoms with Crippen LogP contribution in [-0.2, 0) is 0 Å². The van der Waals surface area contributed by atoms with Gasteiger partial charge in [0.25, 0.3) is 0 Å². The summed E-state index contributed by atoms with van der Waals surface area (Å²) >= 11 is 26.3. The molecule has 45 heavy (non-hydrogen) atoms. The van der Waals surface area contributed by atoms with Crippen molar-refractivity contribution in [2.45, 2.75) is 0 Å². The first-order chi connectivity index (χ1) is 22.0. The van der Waals surface area contributed by atoms with Crippen LogP contribution < -0.4 is 32.3 Å². The molecular formula is C36H33B3Cl3P3.